The predicted molar refractivity (Wildman–Crippen MR) is 146 cm³/mol. The highest BCUT2D eigenvalue weighted by molar-refractivity contribution is 6.30. The zero-order chi connectivity index (χ0) is 27.1. The van der Waals surface area contributed by atoms with Gasteiger partial charge in [-0.15, -0.1) is 0 Å². The van der Waals surface area contributed by atoms with Gasteiger partial charge in [-0.1, -0.05) is 72.3 Å². The van der Waals surface area contributed by atoms with Crippen LogP contribution in [0.5, 0.6) is 0 Å². The Bertz CT molecular complexity index is 1480. The van der Waals surface area contributed by atoms with Gasteiger partial charge in [0.15, 0.2) is 5.54 Å². The molecule has 0 aliphatic heterocycles. The van der Waals surface area contributed by atoms with Crippen LogP contribution in [0.3, 0.4) is 0 Å². The maximum atomic E-state index is 13.4. The highest BCUT2D eigenvalue weighted by atomic mass is 35.5. The van der Waals surface area contributed by atoms with E-state index in [2.05, 4.69) is 15.8 Å². The van der Waals surface area contributed by atoms with Gasteiger partial charge in [-0.2, -0.15) is 0 Å². The Morgan fingerprint density at radius 2 is 1.74 bits per heavy atom. The number of hydrogen-bond donors (Lipinski definition) is 4. The summed E-state index contributed by atoms with van der Waals surface area (Å²) in [6.07, 6.45) is 2.02. The second-order valence-corrected chi connectivity index (χ2v) is 9.41. The highest BCUT2D eigenvalue weighted by Crippen LogP contribution is 2.26. The smallest absolute Gasteiger partial charge is 0.274 e. The number of aromatic nitrogens is 1. The van der Waals surface area contributed by atoms with Gasteiger partial charge in [0.05, 0.1) is 18.2 Å². The summed E-state index contributed by atoms with van der Waals surface area (Å²) in [4.78, 5) is 47.4. The number of amides is 2. The molecule has 0 aliphatic rings. The molecule has 3 aromatic carbocycles. The van der Waals surface area contributed by atoms with Crippen LogP contribution in [0.25, 0.3) is 16.5 Å². The second kappa shape index (κ2) is 11.9. The predicted octanol–water partition coefficient (Wildman–Crippen LogP) is 3.73. The first-order valence-electron chi connectivity index (χ1n) is 11.9. The van der Waals surface area contributed by atoms with E-state index in [4.69, 9.17) is 22.2 Å². The normalized spacial score (nSPS) is 13.2. The number of H-pyrrole nitrogens is 1. The fourth-order valence-corrected chi connectivity index (χ4v) is 4.25. The van der Waals surface area contributed by atoms with Crippen molar-refractivity contribution in [3.63, 3.8) is 0 Å². The molecule has 194 valence electrons. The monoisotopic (exact) mass is 530 g/mol. The number of rotatable bonds is 10. The van der Waals surface area contributed by atoms with Gasteiger partial charge in [0.1, 0.15) is 5.94 Å². The molecule has 0 bridgehead atoms. The van der Waals surface area contributed by atoms with Crippen molar-refractivity contribution < 1.29 is 19.2 Å². The molecule has 2 amide bonds. The topological polar surface area (TPSA) is 126 Å². The summed E-state index contributed by atoms with van der Waals surface area (Å²) < 4.78 is 0. The van der Waals surface area contributed by atoms with E-state index >= 15 is 0 Å². The van der Waals surface area contributed by atoms with Gasteiger partial charge in [-0.3, -0.25) is 14.4 Å². The maximum absolute atomic E-state index is 13.4. The number of aromatic amines is 1. The van der Waals surface area contributed by atoms with Gasteiger partial charge in [0.2, 0.25) is 5.91 Å². The molecule has 1 aromatic heterocycles. The van der Waals surface area contributed by atoms with Crippen molar-refractivity contribution in [2.24, 2.45) is 5.73 Å². The molecule has 9 heteroatoms. The van der Waals surface area contributed by atoms with Crippen LogP contribution in [0.1, 0.15) is 23.6 Å². The second-order valence-electron chi connectivity index (χ2n) is 8.97. The Kier molecular flexibility index (Phi) is 8.41. The lowest BCUT2D eigenvalue weighted by Gasteiger charge is -2.31. The van der Waals surface area contributed by atoms with Gasteiger partial charge in [0.25, 0.3) is 5.91 Å². The molecule has 38 heavy (non-hydrogen) atoms. The largest absolute Gasteiger partial charge is 0.361 e. The van der Waals surface area contributed by atoms with E-state index in [9.17, 15) is 14.4 Å². The van der Waals surface area contributed by atoms with Crippen molar-refractivity contribution in [1.29, 1.82) is 0 Å². The van der Waals surface area contributed by atoms with Crippen LogP contribution in [0.2, 0.25) is 5.02 Å². The molecule has 2 atom stereocenters. The van der Waals surface area contributed by atoms with Crippen LogP contribution in [0.15, 0.2) is 85.1 Å². The first kappa shape index (κ1) is 26.9. The summed E-state index contributed by atoms with van der Waals surface area (Å²) in [5.74, 6) is 0.464. The number of halogens is 1. The van der Waals surface area contributed by atoms with Crippen molar-refractivity contribution >= 4 is 45.8 Å². The van der Waals surface area contributed by atoms with E-state index in [-0.39, 0.29) is 18.6 Å². The van der Waals surface area contributed by atoms with Crippen molar-refractivity contribution in [3.05, 3.63) is 107 Å². The molecule has 0 radical (unpaired) electrons. The number of hydroxylamine groups is 1. The van der Waals surface area contributed by atoms with Crippen molar-refractivity contribution in [2.45, 2.75) is 31.5 Å². The van der Waals surface area contributed by atoms with E-state index in [1.54, 1.807) is 60.8 Å². The van der Waals surface area contributed by atoms with Crippen LogP contribution < -0.4 is 16.5 Å². The number of carbonyl (C=O) groups is 2. The minimum atomic E-state index is -1.84. The SMILES string of the molecule is CC(NC(=O)[C@@H](N)Cc1c[nH]c2ccccc12)(C(=O)NOCc1ccc(Cl)cc1)C(=C=O)c1ccccc1. The van der Waals surface area contributed by atoms with E-state index < -0.39 is 23.4 Å². The van der Waals surface area contributed by atoms with E-state index in [1.807, 2.05) is 30.2 Å². The molecule has 4 aromatic rings. The standard InChI is InChI=1S/C29H27ClN4O4/c1-29(24(17-35)20-7-3-2-4-8-20,28(37)34-38-18-19-11-13-22(30)14-12-19)33-27(36)25(31)15-21-16-32-26-10-6-5-9-23(21)26/h2-14,16,25,32H,15,18,31H2,1H3,(H,33,36)(H,34,37)/t25-,29?/m0/s1. The first-order valence-corrected chi connectivity index (χ1v) is 12.3. The molecular weight excluding hydrogens is 504 g/mol. The molecule has 5 N–H and O–H groups in total. The summed E-state index contributed by atoms with van der Waals surface area (Å²) in [7, 11) is 0. The number of nitrogens with one attached hydrogen (secondary N) is 3. The van der Waals surface area contributed by atoms with Crippen LogP contribution in [-0.2, 0) is 32.2 Å². The van der Waals surface area contributed by atoms with Crippen molar-refractivity contribution in [1.82, 2.24) is 15.8 Å². The number of nitrogens with two attached hydrogens (primary N) is 1. The molecule has 0 saturated heterocycles. The van der Waals surface area contributed by atoms with E-state index in [1.165, 1.54) is 6.92 Å². The van der Waals surface area contributed by atoms with Crippen molar-refractivity contribution in [2.75, 3.05) is 0 Å². The number of carbonyl (C=O) groups excluding carboxylic acids is 3. The van der Waals surface area contributed by atoms with Gasteiger partial charge in [-0.25, -0.2) is 10.3 Å². The summed E-state index contributed by atoms with van der Waals surface area (Å²) in [5.41, 5.74) is 9.67. The lowest BCUT2D eigenvalue weighted by atomic mass is 9.86. The number of benzene rings is 3. The van der Waals surface area contributed by atoms with Gasteiger partial charge >= 0.3 is 0 Å². The summed E-state index contributed by atoms with van der Waals surface area (Å²) in [5, 5.41) is 4.19. The zero-order valence-corrected chi connectivity index (χ0v) is 21.4. The molecular formula is C29H27ClN4O4. The van der Waals surface area contributed by atoms with E-state index in [0.717, 1.165) is 22.0 Å². The van der Waals surface area contributed by atoms with E-state index in [0.29, 0.717) is 10.6 Å². The van der Waals surface area contributed by atoms with Crippen LogP contribution in [0, 0.1) is 0 Å². The molecule has 0 saturated carbocycles. The van der Waals surface area contributed by atoms with Crippen LogP contribution in [-0.4, -0.2) is 34.3 Å². The third-order valence-corrected chi connectivity index (χ3v) is 6.51. The lowest BCUT2D eigenvalue weighted by molar-refractivity contribution is -0.141. The Hall–Kier alpha value is -4.20. The summed E-state index contributed by atoms with van der Waals surface area (Å²) in [6, 6.07) is 22.1. The number of fused-ring (bicyclic) bond motifs is 1. The highest BCUT2D eigenvalue weighted by Gasteiger charge is 2.42. The minimum Gasteiger partial charge on any atom is -0.361 e. The Morgan fingerprint density at radius 3 is 2.45 bits per heavy atom. The molecule has 1 unspecified atom stereocenters. The minimum absolute atomic E-state index is 0.0402. The molecule has 1 heterocycles. The zero-order valence-electron chi connectivity index (χ0n) is 20.7. The molecule has 0 aliphatic carbocycles. The third-order valence-electron chi connectivity index (χ3n) is 6.26. The van der Waals surface area contributed by atoms with Gasteiger partial charge in [-0.05, 0) is 48.2 Å². The van der Waals surface area contributed by atoms with Crippen molar-refractivity contribution in [3.8, 4) is 0 Å². The lowest BCUT2D eigenvalue weighted by Crippen LogP contribution is -2.60. The van der Waals surface area contributed by atoms with Crippen LogP contribution in [0.4, 0.5) is 0 Å². The average Bonchev–Trinajstić information content (AvgIpc) is 3.33. The molecule has 8 nitrogen and oxygen atoms in total. The summed E-state index contributed by atoms with van der Waals surface area (Å²) in [6.45, 7) is 1.45. The first-order chi connectivity index (χ1) is 18.3. The quantitative estimate of drug-likeness (QED) is 0.183. The number of para-hydroxylation sites is 1. The van der Waals surface area contributed by atoms with Gasteiger partial charge < -0.3 is 16.0 Å². The molecule has 0 spiro atoms. The summed E-state index contributed by atoms with van der Waals surface area (Å²) >= 11 is 5.91. The molecule has 0 fully saturated rings. The Balaban J connectivity index is 1.54. The maximum Gasteiger partial charge on any atom is 0.274 e. The average molecular weight is 531 g/mol. The Morgan fingerprint density at radius 1 is 1.05 bits per heavy atom. The fraction of sp³-hybridized carbons (Fsp3) is 0.172. The van der Waals surface area contributed by atoms with Gasteiger partial charge in [0, 0.05) is 22.1 Å². The fourth-order valence-electron chi connectivity index (χ4n) is 4.12. The van der Waals surface area contributed by atoms with Crippen LogP contribution >= 0.6 is 11.6 Å². The third kappa shape index (κ3) is 6.02. The Labute approximate surface area is 224 Å². The number of hydrogen-bond acceptors (Lipinski definition) is 5. The molecule has 4 rings (SSSR count).